The first-order chi connectivity index (χ1) is 14.7. The van der Waals surface area contributed by atoms with Crippen molar-refractivity contribution in [2.24, 2.45) is 5.92 Å². The van der Waals surface area contributed by atoms with Crippen LogP contribution < -0.4 is 9.46 Å². The molecule has 8 heteroatoms. The van der Waals surface area contributed by atoms with Crippen molar-refractivity contribution in [3.05, 3.63) is 48.5 Å². The molecule has 0 radical (unpaired) electrons. The Morgan fingerprint density at radius 2 is 1.58 bits per heavy atom. The third kappa shape index (κ3) is 7.17. The molecule has 1 saturated heterocycles. The van der Waals surface area contributed by atoms with Crippen LogP contribution in [0, 0.1) is 5.92 Å². The molecule has 31 heavy (non-hydrogen) atoms. The van der Waals surface area contributed by atoms with Crippen molar-refractivity contribution in [3.8, 4) is 16.9 Å². The molecule has 2 aromatic carbocycles. The number of benzene rings is 2. The van der Waals surface area contributed by atoms with Gasteiger partial charge >= 0.3 is 6.09 Å². The monoisotopic (exact) mass is 446 g/mol. The first kappa shape index (κ1) is 22.9. The molecule has 0 unspecified atom stereocenters. The topological polar surface area (TPSA) is 84.9 Å². The van der Waals surface area contributed by atoms with Crippen molar-refractivity contribution in [3.63, 3.8) is 0 Å². The molecule has 1 fully saturated rings. The van der Waals surface area contributed by atoms with Crippen LogP contribution >= 0.6 is 0 Å². The summed E-state index contributed by atoms with van der Waals surface area (Å²) in [5.74, 6) is 1.22. The third-order valence-corrected chi connectivity index (χ3v) is 5.68. The van der Waals surface area contributed by atoms with Gasteiger partial charge in [-0.25, -0.2) is 13.2 Å². The quantitative estimate of drug-likeness (QED) is 0.683. The van der Waals surface area contributed by atoms with Crippen LogP contribution in [-0.2, 0) is 14.8 Å². The van der Waals surface area contributed by atoms with Gasteiger partial charge in [-0.15, -0.1) is 0 Å². The summed E-state index contributed by atoms with van der Waals surface area (Å²) >= 11 is 0. The van der Waals surface area contributed by atoms with Crippen LogP contribution in [0.15, 0.2) is 48.5 Å². The molecule has 7 nitrogen and oxygen atoms in total. The number of piperidine rings is 1. The Morgan fingerprint density at radius 1 is 1.03 bits per heavy atom. The molecule has 1 amide bonds. The summed E-state index contributed by atoms with van der Waals surface area (Å²) in [7, 11) is -3.28. The largest absolute Gasteiger partial charge is 0.493 e. The second-order valence-electron chi connectivity index (χ2n) is 8.15. The Kier molecular flexibility index (Phi) is 7.43. The molecule has 1 aliphatic rings. The summed E-state index contributed by atoms with van der Waals surface area (Å²) in [6.45, 7) is 5.73. The van der Waals surface area contributed by atoms with Crippen LogP contribution in [0.1, 0.15) is 26.7 Å². The molecule has 1 N–H and O–H groups in total. The summed E-state index contributed by atoms with van der Waals surface area (Å²) in [6, 6.07) is 15.1. The van der Waals surface area contributed by atoms with Gasteiger partial charge in [0.15, 0.2) is 0 Å². The van der Waals surface area contributed by atoms with E-state index in [2.05, 4.69) is 4.72 Å². The Labute approximate surface area is 184 Å². The molecule has 2 aromatic rings. The maximum Gasteiger partial charge on any atom is 0.410 e. The lowest BCUT2D eigenvalue weighted by molar-refractivity contribution is 0.0608. The number of hydrogen-bond acceptors (Lipinski definition) is 5. The van der Waals surface area contributed by atoms with Gasteiger partial charge in [0.05, 0.1) is 19.0 Å². The van der Waals surface area contributed by atoms with Crippen LogP contribution in [0.2, 0.25) is 0 Å². The zero-order valence-corrected chi connectivity index (χ0v) is 19.0. The summed E-state index contributed by atoms with van der Waals surface area (Å²) in [5, 5.41) is 0. The van der Waals surface area contributed by atoms with E-state index in [1.807, 2.05) is 50.2 Å². The third-order valence-electron chi connectivity index (χ3n) is 5.07. The highest BCUT2D eigenvalue weighted by atomic mass is 32.2. The molecule has 0 saturated carbocycles. The molecule has 3 rings (SSSR count). The first-order valence-corrected chi connectivity index (χ1v) is 12.4. The summed E-state index contributed by atoms with van der Waals surface area (Å²) in [6.07, 6.45) is 2.60. The van der Waals surface area contributed by atoms with E-state index in [9.17, 15) is 13.2 Å². The standard InChI is InChI=1S/C23H30N2O5S/c1-17(2)30-23(26)25-14-12-18(13-15-25)16-29-22-10-6-20(7-11-22)19-4-8-21(9-5-19)24-31(3,27)28/h4-11,17-18,24H,12-16H2,1-3H3. The number of nitrogens with one attached hydrogen (secondary N) is 1. The highest BCUT2D eigenvalue weighted by molar-refractivity contribution is 7.92. The molecule has 0 aromatic heterocycles. The van der Waals surface area contributed by atoms with Gasteiger partial charge in [0.2, 0.25) is 10.0 Å². The summed E-state index contributed by atoms with van der Waals surface area (Å²) in [5.41, 5.74) is 2.55. The minimum atomic E-state index is -3.28. The van der Waals surface area contributed by atoms with E-state index in [1.54, 1.807) is 17.0 Å². The predicted octanol–water partition coefficient (Wildman–Crippen LogP) is 4.36. The van der Waals surface area contributed by atoms with Crippen LogP contribution in [0.4, 0.5) is 10.5 Å². The number of ether oxygens (including phenoxy) is 2. The van der Waals surface area contributed by atoms with Gasteiger partial charge in [0.1, 0.15) is 5.75 Å². The fourth-order valence-corrected chi connectivity index (χ4v) is 4.03. The lowest BCUT2D eigenvalue weighted by atomic mass is 9.98. The second kappa shape index (κ2) is 10.0. The van der Waals surface area contributed by atoms with Crippen LogP contribution in [0.3, 0.4) is 0 Å². The Bertz CT molecular complexity index is 964. The molecule has 0 bridgehead atoms. The van der Waals surface area contributed by atoms with Crippen LogP contribution in [-0.4, -0.2) is 51.5 Å². The lowest BCUT2D eigenvalue weighted by Crippen LogP contribution is -2.40. The average Bonchev–Trinajstić information content (AvgIpc) is 2.72. The van der Waals surface area contributed by atoms with E-state index in [1.165, 1.54) is 0 Å². The van der Waals surface area contributed by atoms with Gasteiger partial charge in [-0.05, 0) is 68.0 Å². The van der Waals surface area contributed by atoms with Crippen molar-refractivity contribution in [1.29, 1.82) is 0 Å². The second-order valence-corrected chi connectivity index (χ2v) is 9.90. The predicted molar refractivity (Wildman–Crippen MR) is 122 cm³/mol. The smallest absolute Gasteiger partial charge is 0.410 e. The summed E-state index contributed by atoms with van der Waals surface area (Å²) in [4.78, 5) is 13.7. The van der Waals surface area contributed by atoms with E-state index < -0.39 is 10.0 Å². The number of sulfonamides is 1. The zero-order chi connectivity index (χ0) is 22.4. The van der Waals surface area contributed by atoms with Gasteiger partial charge < -0.3 is 14.4 Å². The van der Waals surface area contributed by atoms with Crippen LogP contribution in [0.25, 0.3) is 11.1 Å². The Hall–Kier alpha value is -2.74. The molecule has 1 heterocycles. The number of carbonyl (C=O) groups is 1. The first-order valence-electron chi connectivity index (χ1n) is 10.5. The minimum Gasteiger partial charge on any atom is -0.493 e. The molecule has 0 atom stereocenters. The fourth-order valence-electron chi connectivity index (χ4n) is 3.46. The van der Waals surface area contributed by atoms with Gasteiger partial charge in [0.25, 0.3) is 0 Å². The highest BCUT2D eigenvalue weighted by Crippen LogP contribution is 2.25. The number of anilines is 1. The van der Waals surface area contributed by atoms with E-state index in [4.69, 9.17) is 9.47 Å². The van der Waals surface area contributed by atoms with Gasteiger partial charge in [-0.3, -0.25) is 4.72 Å². The molecular weight excluding hydrogens is 416 g/mol. The number of likely N-dealkylation sites (tertiary alicyclic amines) is 1. The Morgan fingerprint density at radius 3 is 2.10 bits per heavy atom. The van der Waals surface area contributed by atoms with Crippen molar-refractivity contribution < 1.29 is 22.7 Å². The normalized spacial score (nSPS) is 15.0. The number of carbonyl (C=O) groups excluding carboxylic acids is 1. The van der Waals surface area contributed by atoms with Crippen molar-refractivity contribution in [2.45, 2.75) is 32.8 Å². The number of nitrogens with zero attached hydrogens (tertiary/aromatic N) is 1. The number of amides is 1. The maximum atomic E-state index is 12.0. The molecule has 0 aliphatic carbocycles. The van der Waals surface area contributed by atoms with Crippen molar-refractivity contribution in [2.75, 3.05) is 30.7 Å². The number of rotatable bonds is 7. The van der Waals surface area contributed by atoms with E-state index in [0.29, 0.717) is 31.3 Å². The molecule has 168 valence electrons. The molecule has 1 aliphatic heterocycles. The maximum absolute atomic E-state index is 12.0. The Balaban J connectivity index is 1.47. The summed E-state index contributed by atoms with van der Waals surface area (Å²) < 4.78 is 36.3. The lowest BCUT2D eigenvalue weighted by Gasteiger charge is -2.31. The van der Waals surface area contributed by atoms with Crippen LogP contribution in [0.5, 0.6) is 5.75 Å². The van der Waals surface area contributed by atoms with E-state index >= 15 is 0 Å². The van der Waals surface area contributed by atoms with Crippen molar-refractivity contribution >= 4 is 21.8 Å². The van der Waals surface area contributed by atoms with E-state index in [-0.39, 0.29) is 12.2 Å². The van der Waals surface area contributed by atoms with Crippen molar-refractivity contribution in [1.82, 2.24) is 4.90 Å². The number of hydrogen-bond donors (Lipinski definition) is 1. The van der Waals surface area contributed by atoms with Gasteiger partial charge in [-0.2, -0.15) is 0 Å². The van der Waals surface area contributed by atoms with Gasteiger partial charge in [0, 0.05) is 18.8 Å². The zero-order valence-electron chi connectivity index (χ0n) is 18.2. The van der Waals surface area contributed by atoms with E-state index in [0.717, 1.165) is 36.0 Å². The highest BCUT2D eigenvalue weighted by Gasteiger charge is 2.24. The molecular formula is C23H30N2O5S. The average molecular weight is 447 g/mol. The van der Waals surface area contributed by atoms with Gasteiger partial charge in [-0.1, -0.05) is 24.3 Å². The minimum absolute atomic E-state index is 0.0985. The fraction of sp³-hybridized carbons (Fsp3) is 0.435. The molecule has 0 spiro atoms. The SMILES string of the molecule is CC(C)OC(=O)N1CCC(COc2ccc(-c3ccc(NS(C)(=O)=O)cc3)cc2)CC1.